The van der Waals surface area contributed by atoms with Gasteiger partial charge in [-0.05, 0) is 17.9 Å². The van der Waals surface area contributed by atoms with Crippen molar-refractivity contribution < 1.29 is 9.21 Å². The molecule has 4 heterocycles. The number of thiophene rings is 1. The van der Waals surface area contributed by atoms with Crippen molar-refractivity contribution in [3.8, 4) is 10.8 Å². The van der Waals surface area contributed by atoms with E-state index in [-0.39, 0.29) is 30.7 Å². The summed E-state index contributed by atoms with van der Waals surface area (Å²) in [5, 5.41) is 5.37. The van der Waals surface area contributed by atoms with Crippen molar-refractivity contribution in [2.75, 3.05) is 39.3 Å². The number of oxazole rings is 1. The van der Waals surface area contributed by atoms with E-state index in [1.54, 1.807) is 17.6 Å². The molecular weight excluding hydrogens is 395 g/mol. The van der Waals surface area contributed by atoms with E-state index >= 15 is 0 Å². The number of halogens is 2. The third kappa shape index (κ3) is 4.78. The molecule has 2 aliphatic heterocycles. The Labute approximate surface area is 169 Å². The summed E-state index contributed by atoms with van der Waals surface area (Å²) in [6.07, 6.45) is 3.00. The Morgan fingerprint density at radius 2 is 2.12 bits per heavy atom. The maximum Gasteiger partial charge on any atom is 0.236 e. The highest BCUT2D eigenvalue weighted by Gasteiger charge is 2.31. The number of nitrogens with zero attached hydrogens (tertiary/aromatic N) is 3. The van der Waals surface area contributed by atoms with Gasteiger partial charge in [0.25, 0.3) is 0 Å². The lowest BCUT2D eigenvalue weighted by Gasteiger charge is -2.32. The smallest absolute Gasteiger partial charge is 0.236 e. The van der Waals surface area contributed by atoms with Gasteiger partial charge in [-0.3, -0.25) is 9.69 Å². The van der Waals surface area contributed by atoms with Crippen LogP contribution in [0.3, 0.4) is 0 Å². The van der Waals surface area contributed by atoms with E-state index in [9.17, 15) is 4.79 Å². The first-order valence-corrected chi connectivity index (χ1v) is 9.38. The number of likely N-dealkylation sites (tertiary alicyclic amines) is 1. The van der Waals surface area contributed by atoms with Gasteiger partial charge >= 0.3 is 0 Å². The average Bonchev–Trinajstić information content (AvgIpc) is 3.36. The Balaban J connectivity index is 0.00000121. The summed E-state index contributed by atoms with van der Waals surface area (Å²) in [6, 6.07) is 4.45. The van der Waals surface area contributed by atoms with Gasteiger partial charge in [-0.1, -0.05) is 6.07 Å². The first kappa shape index (κ1) is 21.2. The lowest BCUT2D eigenvalue weighted by Crippen LogP contribution is -2.49. The standard InChI is InChI=1S/C17H22N4O2S.2ClH/c22-16(10-13-12-23-17(19-13)15-2-1-9-24-15)21-6-3-14(11-21)20-7-4-18-5-8-20;;/h1-2,9,12,14,18H,3-8,10-11H2;2*1H. The normalized spacial score (nSPS) is 20.5. The van der Waals surface area contributed by atoms with Crippen LogP contribution in [0, 0.1) is 0 Å². The highest BCUT2D eigenvalue weighted by Crippen LogP contribution is 2.24. The highest BCUT2D eigenvalue weighted by molar-refractivity contribution is 7.13. The van der Waals surface area contributed by atoms with Crippen molar-refractivity contribution in [1.82, 2.24) is 20.1 Å². The maximum atomic E-state index is 12.6. The Kier molecular flexibility index (Phi) is 7.91. The van der Waals surface area contributed by atoms with E-state index in [0.29, 0.717) is 24.0 Å². The quantitative estimate of drug-likeness (QED) is 0.824. The Morgan fingerprint density at radius 1 is 1.31 bits per heavy atom. The second-order valence-corrected chi connectivity index (χ2v) is 7.31. The van der Waals surface area contributed by atoms with Crippen molar-refractivity contribution in [3.05, 3.63) is 29.5 Å². The monoisotopic (exact) mass is 418 g/mol. The molecule has 0 saturated carbocycles. The van der Waals surface area contributed by atoms with Gasteiger partial charge < -0.3 is 14.6 Å². The van der Waals surface area contributed by atoms with Crippen LogP contribution in [0.15, 0.2) is 28.2 Å². The molecule has 0 radical (unpaired) electrons. The predicted octanol–water partition coefficient (Wildman–Crippen LogP) is 2.30. The summed E-state index contributed by atoms with van der Waals surface area (Å²) in [5.74, 6) is 0.756. The lowest BCUT2D eigenvalue weighted by atomic mass is 10.2. The number of hydrogen-bond acceptors (Lipinski definition) is 6. The molecule has 0 bridgehead atoms. The van der Waals surface area contributed by atoms with Gasteiger partial charge in [-0.25, -0.2) is 4.98 Å². The average molecular weight is 419 g/mol. The number of rotatable bonds is 4. The molecule has 9 heteroatoms. The van der Waals surface area contributed by atoms with Crippen LogP contribution in [-0.2, 0) is 11.2 Å². The van der Waals surface area contributed by atoms with Crippen LogP contribution < -0.4 is 5.32 Å². The molecule has 1 atom stereocenters. The van der Waals surface area contributed by atoms with Crippen LogP contribution >= 0.6 is 36.2 Å². The second kappa shape index (κ2) is 9.71. The Hall–Kier alpha value is -1.12. The molecule has 0 aliphatic carbocycles. The number of nitrogens with one attached hydrogen (secondary N) is 1. The largest absolute Gasteiger partial charge is 0.444 e. The van der Waals surface area contributed by atoms with Crippen LogP contribution in [-0.4, -0.2) is 66.0 Å². The van der Waals surface area contributed by atoms with Gasteiger partial charge in [0.1, 0.15) is 6.26 Å². The van der Waals surface area contributed by atoms with Crippen LogP contribution in [0.2, 0.25) is 0 Å². The third-order valence-corrected chi connectivity index (χ3v) is 5.66. The van der Waals surface area contributed by atoms with E-state index in [2.05, 4.69) is 15.2 Å². The van der Waals surface area contributed by atoms with Gasteiger partial charge in [0.05, 0.1) is 17.0 Å². The van der Waals surface area contributed by atoms with Gasteiger partial charge in [-0.2, -0.15) is 0 Å². The predicted molar refractivity (Wildman–Crippen MR) is 107 cm³/mol. The molecule has 144 valence electrons. The minimum absolute atomic E-state index is 0. The third-order valence-electron chi connectivity index (χ3n) is 4.80. The maximum absolute atomic E-state index is 12.6. The molecular formula is C17H24Cl2N4O2S. The molecule has 4 rings (SSSR count). The Bertz CT molecular complexity index is 689. The van der Waals surface area contributed by atoms with E-state index in [1.165, 1.54) is 0 Å². The zero-order valence-corrected chi connectivity index (χ0v) is 16.9. The van der Waals surface area contributed by atoms with Crippen molar-refractivity contribution in [3.63, 3.8) is 0 Å². The second-order valence-electron chi connectivity index (χ2n) is 6.37. The summed E-state index contributed by atoms with van der Waals surface area (Å²) in [6.45, 7) is 5.96. The van der Waals surface area contributed by atoms with Crippen molar-refractivity contribution in [2.24, 2.45) is 0 Å². The topological polar surface area (TPSA) is 61.6 Å². The number of carbonyl (C=O) groups excluding carboxylic acids is 1. The molecule has 6 nitrogen and oxygen atoms in total. The van der Waals surface area contributed by atoms with E-state index in [4.69, 9.17) is 4.42 Å². The van der Waals surface area contributed by atoms with Crippen LogP contribution in [0.4, 0.5) is 0 Å². The van der Waals surface area contributed by atoms with E-state index in [0.717, 1.165) is 50.6 Å². The van der Waals surface area contributed by atoms with Gasteiger partial charge in [0.15, 0.2) is 0 Å². The number of amides is 1. The summed E-state index contributed by atoms with van der Waals surface area (Å²) in [4.78, 5) is 22.5. The summed E-state index contributed by atoms with van der Waals surface area (Å²) < 4.78 is 5.50. The molecule has 2 aromatic rings. The summed E-state index contributed by atoms with van der Waals surface area (Å²) >= 11 is 1.59. The molecule has 0 spiro atoms. The molecule has 26 heavy (non-hydrogen) atoms. The van der Waals surface area contributed by atoms with Crippen molar-refractivity contribution in [1.29, 1.82) is 0 Å². The van der Waals surface area contributed by atoms with Crippen molar-refractivity contribution >= 4 is 42.1 Å². The fraction of sp³-hybridized carbons (Fsp3) is 0.529. The molecule has 2 aliphatic rings. The van der Waals surface area contributed by atoms with E-state index in [1.807, 2.05) is 22.4 Å². The van der Waals surface area contributed by atoms with Gasteiger partial charge in [-0.15, -0.1) is 36.2 Å². The summed E-state index contributed by atoms with van der Waals surface area (Å²) in [7, 11) is 0. The molecule has 2 saturated heterocycles. The summed E-state index contributed by atoms with van der Waals surface area (Å²) in [5.41, 5.74) is 0.717. The first-order chi connectivity index (χ1) is 11.8. The van der Waals surface area contributed by atoms with E-state index < -0.39 is 0 Å². The molecule has 1 N–H and O–H groups in total. The van der Waals surface area contributed by atoms with Gasteiger partial charge in [0.2, 0.25) is 11.8 Å². The van der Waals surface area contributed by atoms with Crippen LogP contribution in [0.5, 0.6) is 0 Å². The molecule has 2 fully saturated rings. The molecule has 1 amide bonds. The fourth-order valence-electron chi connectivity index (χ4n) is 3.48. The van der Waals surface area contributed by atoms with Gasteiger partial charge in [0, 0.05) is 45.3 Å². The lowest BCUT2D eigenvalue weighted by molar-refractivity contribution is -0.129. The Morgan fingerprint density at radius 3 is 2.85 bits per heavy atom. The minimum atomic E-state index is 0. The SMILES string of the molecule is Cl.Cl.O=C(Cc1coc(-c2cccs2)n1)N1CCC(N2CCNCC2)C1. The molecule has 2 aromatic heterocycles. The fourth-order valence-corrected chi connectivity index (χ4v) is 4.14. The number of carbonyl (C=O) groups is 1. The minimum Gasteiger partial charge on any atom is -0.444 e. The zero-order valence-electron chi connectivity index (χ0n) is 14.4. The molecule has 1 unspecified atom stereocenters. The molecule has 0 aromatic carbocycles. The number of hydrogen-bond donors (Lipinski definition) is 1. The highest BCUT2D eigenvalue weighted by atomic mass is 35.5. The number of piperazine rings is 1. The zero-order chi connectivity index (χ0) is 16.4. The van der Waals surface area contributed by atoms with Crippen LogP contribution in [0.1, 0.15) is 12.1 Å². The van der Waals surface area contributed by atoms with Crippen LogP contribution in [0.25, 0.3) is 10.8 Å². The first-order valence-electron chi connectivity index (χ1n) is 8.50. The van der Waals surface area contributed by atoms with Crippen molar-refractivity contribution in [2.45, 2.75) is 18.9 Å². The number of aromatic nitrogens is 1.